The summed E-state index contributed by atoms with van der Waals surface area (Å²) in [5, 5.41) is 12.8. The third-order valence-corrected chi connectivity index (χ3v) is 5.62. The smallest absolute Gasteiger partial charge is 0.173 e. The van der Waals surface area contributed by atoms with Gasteiger partial charge in [-0.1, -0.05) is 30.3 Å². The average molecular weight is 408 g/mol. The fraction of sp³-hybridized carbons (Fsp3) is 0.435. The van der Waals surface area contributed by atoms with Crippen molar-refractivity contribution in [3.63, 3.8) is 0 Å². The molecule has 0 unspecified atom stereocenters. The summed E-state index contributed by atoms with van der Waals surface area (Å²) < 4.78 is 13.0. The lowest BCUT2D eigenvalue weighted by Crippen LogP contribution is -2.38. The second kappa shape index (κ2) is 8.07. The van der Waals surface area contributed by atoms with Crippen LogP contribution >= 0.6 is 0 Å². The summed E-state index contributed by atoms with van der Waals surface area (Å²) in [6, 6.07) is 14.6. The van der Waals surface area contributed by atoms with Crippen molar-refractivity contribution in [1.29, 1.82) is 0 Å². The highest BCUT2D eigenvalue weighted by Crippen LogP contribution is 2.37. The number of aromatic nitrogens is 4. The summed E-state index contributed by atoms with van der Waals surface area (Å²) in [5.74, 6) is 2.24. The van der Waals surface area contributed by atoms with Gasteiger partial charge in [0, 0.05) is 13.1 Å². The van der Waals surface area contributed by atoms with Crippen molar-refractivity contribution in [3.8, 4) is 11.5 Å². The Labute approximate surface area is 177 Å². The van der Waals surface area contributed by atoms with E-state index in [9.17, 15) is 0 Å². The van der Waals surface area contributed by atoms with E-state index in [1.165, 1.54) is 11.1 Å². The van der Waals surface area contributed by atoms with Gasteiger partial charge >= 0.3 is 0 Å². The minimum atomic E-state index is -0.235. The van der Waals surface area contributed by atoms with Crippen LogP contribution in [0.15, 0.2) is 42.5 Å². The number of hydrogen-bond donors (Lipinski definition) is 0. The van der Waals surface area contributed by atoms with E-state index in [1.54, 1.807) is 14.2 Å². The molecule has 30 heavy (non-hydrogen) atoms. The van der Waals surface area contributed by atoms with Gasteiger partial charge in [0.15, 0.2) is 17.3 Å². The van der Waals surface area contributed by atoms with Crippen LogP contribution in [0.1, 0.15) is 49.3 Å². The van der Waals surface area contributed by atoms with Crippen molar-refractivity contribution in [2.24, 2.45) is 0 Å². The van der Waals surface area contributed by atoms with Crippen LogP contribution in [0.4, 0.5) is 0 Å². The summed E-state index contributed by atoms with van der Waals surface area (Å²) >= 11 is 0. The molecule has 1 aliphatic heterocycles. The number of rotatable bonds is 5. The van der Waals surface area contributed by atoms with Gasteiger partial charge in [-0.05, 0) is 66.4 Å². The maximum absolute atomic E-state index is 5.58. The van der Waals surface area contributed by atoms with Gasteiger partial charge in [-0.3, -0.25) is 4.90 Å². The third-order valence-electron chi connectivity index (χ3n) is 5.62. The van der Waals surface area contributed by atoms with Gasteiger partial charge in [0.2, 0.25) is 0 Å². The van der Waals surface area contributed by atoms with Crippen molar-refractivity contribution in [2.75, 3.05) is 20.8 Å². The van der Waals surface area contributed by atoms with Crippen LogP contribution in [0.25, 0.3) is 0 Å². The molecule has 3 aromatic rings. The first kappa shape index (κ1) is 20.3. The molecule has 0 radical (unpaired) electrons. The van der Waals surface area contributed by atoms with E-state index in [0.29, 0.717) is 11.5 Å². The molecule has 1 aromatic heterocycles. The molecular weight excluding hydrogens is 378 g/mol. The normalized spacial score (nSPS) is 15.5. The zero-order chi connectivity index (χ0) is 21.3. The highest BCUT2D eigenvalue weighted by molar-refractivity contribution is 5.45. The number of benzene rings is 2. The third kappa shape index (κ3) is 3.77. The Morgan fingerprint density at radius 1 is 0.967 bits per heavy atom. The fourth-order valence-corrected chi connectivity index (χ4v) is 4.13. The Balaban J connectivity index is 1.82. The first-order valence-corrected chi connectivity index (χ1v) is 10.2. The lowest BCUT2D eigenvalue weighted by atomic mass is 9.95. The molecule has 7 nitrogen and oxygen atoms in total. The van der Waals surface area contributed by atoms with Crippen molar-refractivity contribution in [1.82, 2.24) is 25.1 Å². The van der Waals surface area contributed by atoms with Gasteiger partial charge in [-0.15, -0.1) is 5.10 Å². The SMILES string of the molecule is COc1ccc([C@H](c2nnnn2C(C)(C)C)N2CCc3ccccc3C2)cc1OC. The van der Waals surface area contributed by atoms with E-state index in [0.717, 1.165) is 30.9 Å². The van der Waals surface area contributed by atoms with Gasteiger partial charge in [0.25, 0.3) is 0 Å². The van der Waals surface area contributed by atoms with Gasteiger partial charge in [0.1, 0.15) is 0 Å². The van der Waals surface area contributed by atoms with Crippen LogP contribution < -0.4 is 9.47 Å². The number of tetrazole rings is 1. The van der Waals surface area contributed by atoms with Gasteiger partial charge in [-0.25, -0.2) is 4.68 Å². The molecule has 0 saturated carbocycles. The highest BCUT2D eigenvalue weighted by Gasteiger charge is 2.33. The standard InChI is InChI=1S/C23H29N5O2/c1-23(2,3)28-22(24-25-26-28)21(17-10-11-19(29-4)20(14-17)30-5)27-13-12-16-8-6-7-9-18(16)15-27/h6-11,14,21H,12-13,15H2,1-5H3/t21-/m1/s1. The van der Waals surface area contributed by atoms with Crippen molar-refractivity contribution < 1.29 is 9.47 Å². The first-order chi connectivity index (χ1) is 14.4. The monoisotopic (exact) mass is 407 g/mol. The molecule has 1 atom stereocenters. The molecule has 4 rings (SSSR count). The molecule has 0 bridgehead atoms. The molecule has 0 saturated heterocycles. The molecule has 7 heteroatoms. The molecule has 2 heterocycles. The Kier molecular flexibility index (Phi) is 5.47. The largest absolute Gasteiger partial charge is 0.493 e. The summed E-state index contributed by atoms with van der Waals surface area (Å²) in [6.45, 7) is 8.11. The maximum Gasteiger partial charge on any atom is 0.173 e. The number of fused-ring (bicyclic) bond motifs is 1. The van der Waals surface area contributed by atoms with E-state index in [4.69, 9.17) is 9.47 Å². The number of methoxy groups -OCH3 is 2. The first-order valence-electron chi connectivity index (χ1n) is 10.2. The van der Waals surface area contributed by atoms with Crippen molar-refractivity contribution in [3.05, 3.63) is 65.0 Å². The van der Waals surface area contributed by atoms with E-state index in [-0.39, 0.29) is 11.6 Å². The summed E-state index contributed by atoms with van der Waals surface area (Å²) in [5.41, 5.74) is 3.60. The molecule has 0 aliphatic carbocycles. The minimum absolute atomic E-state index is 0.104. The van der Waals surface area contributed by atoms with Gasteiger partial charge < -0.3 is 9.47 Å². The zero-order valence-corrected chi connectivity index (χ0v) is 18.3. The lowest BCUT2D eigenvalue weighted by Gasteiger charge is -2.36. The lowest BCUT2D eigenvalue weighted by molar-refractivity contribution is 0.185. The van der Waals surface area contributed by atoms with Gasteiger partial charge in [-0.2, -0.15) is 0 Å². The predicted molar refractivity (Wildman–Crippen MR) is 115 cm³/mol. The van der Waals surface area contributed by atoms with Crippen molar-refractivity contribution in [2.45, 2.75) is 45.3 Å². The van der Waals surface area contributed by atoms with Crippen LogP contribution in [0.5, 0.6) is 11.5 Å². The molecule has 0 spiro atoms. The van der Waals surface area contributed by atoms with Crippen molar-refractivity contribution >= 4 is 0 Å². The van der Waals surface area contributed by atoms with Gasteiger partial charge in [0.05, 0.1) is 25.8 Å². The van der Waals surface area contributed by atoms with E-state index in [1.807, 2.05) is 16.8 Å². The Morgan fingerprint density at radius 2 is 1.70 bits per heavy atom. The molecule has 0 N–H and O–H groups in total. The summed E-state index contributed by atoms with van der Waals surface area (Å²) in [6.07, 6.45) is 0.997. The van der Waals surface area contributed by atoms with Crippen LogP contribution in [-0.2, 0) is 18.5 Å². The topological polar surface area (TPSA) is 65.3 Å². The number of hydrogen-bond acceptors (Lipinski definition) is 6. The van der Waals surface area contributed by atoms with Crippen LogP contribution in [0, 0.1) is 0 Å². The minimum Gasteiger partial charge on any atom is -0.493 e. The van der Waals surface area contributed by atoms with Crippen LogP contribution in [0.2, 0.25) is 0 Å². The molecule has 0 fully saturated rings. The number of nitrogens with zero attached hydrogens (tertiary/aromatic N) is 5. The molecule has 2 aromatic carbocycles. The Morgan fingerprint density at radius 3 is 2.40 bits per heavy atom. The van der Waals surface area contributed by atoms with E-state index < -0.39 is 0 Å². The Bertz CT molecular complexity index is 1020. The maximum atomic E-state index is 5.58. The second-order valence-corrected chi connectivity index (χ2v) is 8.63. The molecule has 158 valence electrons. The predicted octanol–water partition coefficient (Wildman–Crippen LogP) is 3.59. The summed E-state index contributed by atoms with van der Waals surface area (Å²) in [7, 11) is 3.31. The van der Waals surface area contributed by atoms with Crippen LogP contribution in [-0.4, -0.2) is 45.9 Å². The Hall–Kier alpha value is -2.93. The van der Waals surface area contributed by atoms with E-state index >= 15 is 0 Å². The highest BCUT2D eigenvalue weighted by atomic mass is 16.5. The van der Waals surface area contributed by atoms with Crippen LogP contribution in [0.3, 0.4) is 0 Å². The molecule has 0 amide bonds. The summed E-state index contributed by atoms with van der Waals surface area (Å²) in [4.78, 5) is 2.44. The average Bonchev–Trinajstić information content (AvgIpc) is 3.23. The second-order valence-electron chi connectivity index (χ2n) is 8.63. The number of ether oxygens (including phenoxy) is 2. The molecule has 1 aliphatic rings. The van der Waals surface area contributed by atoms with E-state index in [2.05, 4.69) is 71.5 Å². The quantitative estimate of drug-likeness (QED) is 0.644. The molecular formula is C23H29N5O2. The fourth-order valence-electron chi connectivity index (χ4n) is 4.13. The zero-order valence-electron chi connectivity index (χ0n) is 18.3.